The molecular formula is C20H12Cl2O3. The Kier molecular flexibility index (Phi) is 5.17. The molecule has 0 saturated heterocycles. The summed E-state index contributed by atoms with van der Waals surface area (Å²) in [5.41, 5.74) is 0.972. The lowest BCUT2D eigenvalue weighted by molar-refractivity contribution is 0.0733. The normalized spacial score (nSPS) is 10.3. The molecule has 0 amide bonds. The van der Waals surface area contributed by atoms with Crippen LogP contribution in [-0.4, -0.2) is 11.8 Å². The van der Waals surface area contributed by atoms with Gasteiger partial charge in [-0.05, 0) is 24.3 Å². The number of ketones is 1. The molecule has 0 unspecified atom stereocenters. The molecule has 0 atom stereocenters. The fraction of sp³-hybridized carbons (Fsp3) is 0. The van der Waals surface area contributed by atoms with E-state index in [2.05, 4.69) is 0 Å². The van der Waals surface area contributed by atoms with E-state index >= 15 is 0 Å². The zero-order valence-corrected chi connectivity index (χ0v) is 14.4. The first-order valence-electron chi connectivity index (χ1n) is 7.43. The highest BCUT2D eigenvalue weighted by Crippen LogP contribution is 2.36. The highest BCUT2D eigenvalue weighted by atomic mass is 35.5. The summed E-state index contributed by atoms with van der Waals surface area (Å²) in [5.74, 6) is -0.973. The van der Waals surface area contributed by atoms with Crippen molar-refractivity contribution >= 4 is 35.0 Å². The molecule has 3 nitrogen and oxygen atoms in total. The van der Waals surface area contributed by atoms with E-state index in [9.17, 15) is 9.59 Å². The molecule has 0 aliphatic carbocycles. The summed E-state index contributed by atoms with van der Waals surface area (Å²) in [6.45, 7) is 0. The van der Waals surface area contributed by atoms with E-state index in [1.807, 2.05) is 6.07 Å². The van der Waals surface area contributed by atoms with Crippen LogP contribution >= 0.6 is 23.2 Å². The monoisotopic (exact) mass is 370 g/mol. The molecule has 0 saturated carbocycles. The fourth-order valence-corrected chi connectivity index (χ4v) is 2.63. The Morgan fingerprint density at radius 1 is 0.720 bits per heavy atom. The van der Waals surface area contributed by atoms with Crippen LogP contribution in [0.3, 0.4) is 0 Å². The van der Waals surface area contributed by atoms with Gasteiger partial charge in [0.25, 0.3) is 0 Å². The van der Waals surface area contributed by atoms with Crippen LogP contribution in [0.1, 0.15) is 26.3 Å². The van der Waals surface area contributed by atoms with Crippen molar-refractivity contribution in [1.82, 2.24) is 0 Å². The minimum Gasteiger partial charge on any atom is -0.420 e. The average molecular weight is 371 g/mol. The van der Waals surface area contributed by atoms with Gasteiger partial charge in [-0.1, -0.05) is 71.7 Å². The molecule has 3 rings (SSSR count). The van der Waals surface area contributed by atoms with Crippen molar-refractivity contribution in [2.75, 3.05) is 0 Å². The largest absolute Gasteiger partial charge is 0.420 e. The van der Waals surface area contributed by atoms with Crippen LogP contribution in [0, 0.1) is 0 Å². The third-order valence-electron chi connectivity index (χ3n) is 3.53. The Balaban J connectivity index is 2.02. The second-order valence-electron chi connectivity index (χ2n) is 5.19. The molecule has 5 heteroatoms. The highest BCUT2D eigenvalue weighted by molar-refractivity contribution is 6.43. The fourth-order valence-electron chi connectivity index (χ4n) is 2.28. The second kappa shape index (κ2) is 7.51. The van der Waals surface area contributed by atoms with E-state index in [4.69, 9.17) is 27.9 Å². The van der Waals surface area contributed by atoms with Gasteiger partial charge in [-0.25, -0.2) is 4.79 Å². The molecule has 0 aliphatic heterocycles. The first kappa shape index (κ1) is 17.2. The molecule has 0 radical (unpaired) electrons. The number of carbonyl (C=O) groups excluding carboxylic acids is 2. The smallest absolute Gasteiger partial charge is 0.343 e. The Hall–Kier alpha value is -2.62. The average Bonchev–Trinajstić information content (AvgIpc) is 2.66. The number of ether oxygens (including phenoxy) is 1. The van der Waals surface area contributed by atoms with Crippen molar-refractivity contribution in [2.45, 2.75) is 0 Å². The standard InChI is InChI=1S/C20H12Cl2O3/c21-16-12-11-15(18(23)13-7-3-1-4-8-13)19(17(16)22)25-20(24)14-9-5-2-6-10-14/h1-12H. The summed E-state index contributed by atoms with van der Waals surface area (Å²) in [4.78, 5) is 25.1. The summed E-state index contributed by atoms with van der Waals surface area (Å²) in [7, 11) is 0. The van der Waals surface area contributed by atoms with Crippen LogP contribution in [0.5, 0.6) is 5.75 Å². The van der Waals surface area contributed by atoms with Crippen molar-refractivity contribution in [1.29, 1.82) is 0 Å². The minimum absolute atomic E-state index is 0.0210. The van der Waals surface area contributed by atoms with Gasteiger partial charge in [0.05, 0.1) is 16.1 Å². The molecule has 3 aromatic carbocycles. The zero-order valence-electron chi connectivity index (χ0n) is 12.9. The Labute approximate surface area is 154 Å². The lowest BCUT2D eigenvalue weighted by Gasteiger charge is -2.12. The van der Waals surface area contributed by atoms with Gasteiger partial charge in [0.2, 0.25) is 0 Å². The van der Waals surface area contributed by atoms with Gasteiger partial charge in [0.15, 0.2) is 11.5 Å². The molecule has 0 spiro atoms. The molecule has 0 aliphatic rings. The van der Waals surface area contributed by atoms with E-state index < -0.39 is 5.97 Å². The van der Waals surface area contributed by atoms with Gasteiger partial charge in [-0.2, -0.15) is 0 Å². The molecule has 0 heterocycles. The van der Waals surface area contributed by atoms with Crippen molar-refractivity contribution in [3.8, 4) is 5.75 Å². The van der Waals surface area contributed by atoms with E-state index in [1.165, 1.54) is 12.1 Å². The number of carbonyl (C=O) groups is 2. The van der Waals surface area contributed by atoms with Gasteiger partial charge in [0.1, 0.15) is 5.02 Å². The van der Waals surface area contributed by atoms with E-state index in [1.54, 1.807) is 54.6 Å². The van der Waals surface area contributed by atoms with Crippen LogP contribution < -0.4 is 4.74 Å². The quantitative estimate of drug-likeness (QED) is 0.348. The van der Waals surface area contributed by atoms with Gasteiger partial charge in [-0.15, -0.1) is 0 Å². The number of esters is 1. The summed E-state index contributed by atoms with van der Waals surface area (Å²) < 4.78 is 5.41. The third kappa shape index (κ3) is 3.73. The van der Waals surface area contributed by atoms with Crippen LogP contribution in [-0.2, 0) is 0 Å². The summed E-state index contributed by atoms with van der Waals surface area (Å²) in [6.07, 6.45) is 0. The lowest BCUT2D eigenvalue weighted by atomic mass is 10.0. The summed E-state index contributed by atoms with van der Waals surface area (Å²) >= 11 is 12.2. The van der Waals surface area contributed by atoms with E-state index in [-0.39, 0.29) is 27.1 Å². The molecule has 124 valence electrons. The van der Waals surface area contributed by atoms with Crippen molar-refractivity contribution in [2.24, 2.45) is 0 Å². The predicted molar refractivity (Wildman–Crippen MR) is 97.7 cm³/mol. The first-order valence-corrected chi connectivity index (χ1v) is 8.18. The van der Waals surface area contributed by atoms with Gasteiger partial charge in [0, 0.05) is 5.56 Å². The van der Waals surface area contributed by atoms with Crippen LogP contribution in [0.25, 0.3) is 0 Å². The minimum atomic E-state index is -0.619. The maximum atomic E-state index is 12.8. The van der Waals surface area contributed by atoms with Crippen LogP contribution in [0.4, 0.5) is 0 Å². The third-order valence-corrected chi connectivity index (χ3v) is 4.32. The van der Waals surface area contributed by atoms with Gasteiger partial charge in [-0.3, -0.25) is 4.79 Å². The molecule has 0 N–H and O–H groups in total. The van der Waals surface area contributed by atoms with Crippen LogP contribution in [0.15, 0.2) is 72.8 Å². The number of hydrogen-bond acceptors (Lipinski definition) is 3. The first-order chi connectivity index (χ1) is 12.1. The molecule has 0 bridgehead atoms. The topological polar surface area (TPSA) is 43.4 Å². The molecule has 0 aromatic heterocycles. The van der Waals surface area contributed by atoms with Crippen LogP contribution in [0.2, 0.25) is 10.0 Å². The lowest BCUT2D eigenvalue weighted by Crippen LogP contribution is -2.12. The second-order valence-corrected chi connectivity index (χ2v) is 5.97. The van der Waals surface area contributed by atoms with Crippen molar-refractivity contribution in [3.05, 3.63) is 99.5 Å². The van der Waals surface area contributed by atoms with Gasteiger partial charge < -0.3 is 4.74 Å². The molecule has 0 fully saturated rings. The number of benzene rings is 3. The maximum absolute atomic E-state index is 12.8. The zero-order chi connectivity index (χ0) is 17.8. The number of hydrogen-bond donors (Lipinski definition) is 0. The SMILES string of the molecule is O=C(Oc1c(C(=O)c2ccccc2)ccc(Cl)c1Cl)c1ccccc1. The van der Waals surface area contributed by atoms with Crippen molar-refractivity contribution < 1.29 is 14.3 Å². The Morgan fingerprint density at radius 3 is 1.88 bits per heavy atom. The predicted octanol–water partition coefficient (Wildman–Crippen LogP) is 5.44. The number of halogens is 2. The van der Waals surface area contributed by atoms with Crippen molar-refractivity contribution in [3.63, 3.8) is 0 Å². The molecule has 3 aromatic rings. The molecule has 25 heavy (non-hydrogen) atoms. The number of rotatable bonds is 4. The van der Waals surface area contributed by atoms with Gasteiger partial charge >= 0.3 is 5.97 Å². The molecular weight excluding hydrogens is 359 g/mol. The highest BCUT2D eigenvalue weighted by Gasteiger charge is 2.22. The summed E-state index contributed by atoms with van der Waals surface area (Å²) in [6, 6.07) is 20.1. The maximum Gasteiger partial charge on any atom is 0.343 e. The summed E-state index contributed by atoms with van der Waals surface area (Å²) in [5, 5.41) is 0.217. The Bertz CT molecular complexity index is 922. The van der Waals surface area contributed by atoms with E-state index in [0.717, 1.165) is 0 Å². The Morgan fingerprint density at radius 2 is 1.28 bits per heavy atom. The van der Waals surface area contributed by atoms with E-state index in [0.29, 0.717) is 11.1 Å².